The number of aromatic amines is 1. The average Bonchev–Trinajstić information content (AvgIpc) is 2.45. The number of amides is 1. The van der Waals surface area contributed by atoms with E-state index in [4.69, 9.17) is 5.73 Å². The van der Waals surface area contributed by atoms with Crippen molar-refractivity contribution in [3.05, 3.63) is 33.7 Å². The maximum absolute atomic E-state index is 12.3. The Morgan fingerprint density at radius 3 is 2.65 bits per heavy atom. The van der Waals surface area contributed by atoms with Crippen molar-refractivity contribution in [3.63, 3.8) is 0 Å². The number of nitrogens with zero attached hydrogens (tertiary/aromatic N) is 2. The maximum atomic E-state index is 12.3. The van der Waals surface area contributed by atoms with Crippen LogP contribution in [0.2, 0.25) is 0 Å². The van der Waals surface area contributed by atoms with Crippen molar-refractivity contribution < 1.29 is 4.79 Å². The van der Waals surface area contributed by atoms with Gasteiger partial charge in [0.05, 0.1) is 0 Å². The van der Waals surface area contributed by atoms with Crippen molar-refractivity contribution in [1.82, 2.24) is 14.8 Å². The summed E-state index contributed by atoms with van der Waals surface area (Å²) in [6, 6.07) is 1.46. The van der Waals surface area contributed by atoms with E-state index in [1.54, 1.807) is 11.8 Å². The Hall–Kier alpha value is -1.66. The van der Waals surface area contributed by atoms with Gasteiger partial charge in [-0.1, -0.05) is 0 Å². The predicted octanol–water partition coefficient (Wildman–Crippen LogP) is -0.210. The summed E-state index contributed by atoms with van der Waals surface area (Å²) in [6.07, 6.45) is 2.49. The first kappa shape index (κ1) is 14.7. The third kappa shape index (κ3) is 3.46. The average molecular weight is 278 g/mol. The fraction of sp³-hybridized carbons (Fsp3) is 0.571. The molecule has 0 aliphatic carbocycles. The van der Waals surface area contributed by atoms with Crippen molar-refractivity contribution in [1.29, 1.82) is 0 Å². The highest BCUT2D eigenvalue weighted by atomic mass is 16.2. The van der Waals surface area contributed by atoms with Gasteiger partial charge in [-0.25, -0.2) is 0 Å². The van der Waals surface area contributed by atoms with E-state index in [9.17, 15) is 9.59 Å². The molecule has 6 heteroatoms. The first-order valence-corrected chi connectivity index (χ1v) is 7.03. The molecule has 0 unspecified atom stereocenters. The topological polar surface area (TPSA) is 82.4 Å². The van der Waals surface area contributed by atoms with Crippen molar-refractivity contribution >= 4 is 5.91 Å². The van der Waals surface area contributed by atoms with Crippen LogP contribution >= 0.6 is 0 Å². The highest BCUT2D eigenvalue weighted by molar-refractivity contribution is 5.93. The van der Waals surface area contributed by atoms with Gasteiger partial charge in [0.1, 0.15) is 5.56 Å². The molecule has 2 heterocycles. The van der Waals surface area contributed by atoms with Crippen molar-refractivity contribution in [2.75, 3.05) is 39.3 Å². The zero-order valence-corrected chi connectivity index (χ0v) is 11.9. The Morgan fingerprint density at radius 1 is 1.35 bits per heavy atom. The Balaban J connectivity index is 1.96. The summed E-state index contributed by atoms with van der Waals surface area (Å²) >= 11 is 0. The molecular weight excluding hydrogens is 256 g/mol. The summed E-state index contributed by atoms with van der Waals surface area (Å²) in [5, 5.41) is 0. The molecule has 0 radical (unpaired) electrons. The molecule has 0 atom stereocenters. The summed E-state index contributed by atoms with van der Waals surface area (Å²) in [6.45, 7) is 6.48. The van der Waals surface area contributed by atoms with E-state index in [0.717, 1.165) is 31.7 Å². The largest absolute Gasteiger partial charge is 0.364 e. The van der Waals surface area contributed by atoms with Crippen molar-refractivity contribution in [2.24, 2.45) is 5.73 Å². The summed E-state index contributed by atoms with van der Waals surface area (Å²) < 4.78 is 0. The Bertz CT molecular complexity index is 518. The molecule has 0 bridgehead atoms. The van der Waals surface area contributed by atoms with Gasteiger partial charge in [0.25, 0.3) is 5.91 Å². The van der Waals surface area contributed by atoms with Gasteiger partial charge in [-0.05, 0) is 26.4 Å². The van der Waals surface area contributed by atoms with E-state index in [-0.39, 0.29) is 16.9 Å². The van der Waals surface area contributed by atoms with E-state index in [0.29, 0.717) is 19.6 Å². The number of nitrogens with one attached hydrogen (secondary N) is 1. The second-order valence-electron chi connectivity index (χ2n) is 5.17. The molecule has 1 aromatic heterocycles. The summed E-state index contributed by atoms with van der Waals surface area (Å²) in [4.78, 5) is 31.1. The maximum Gasteiger partial charge on any atom is 0.259 e. The second kappa shape index (κ2) is 6.67. The minimum atomic E-state index is -0.211. The fourth-order valence-corrected chi connectivity index (χ4v) is 2.40. The number of aromatic nitrogens is 1. The van der Waals surface area contributed by atoms with Crippen molar-refractivity contribution in [2.45, 2.75) is 13.3 Å². The lowest BCUT2D eigenvalue weighted by atomic mass is 10.2. The van der Waals surface area contributed by atoms with Crippen LogP contribution in [0.4, 0.5) is 0 Å². The zero-order valence-electron chi connectivity index (χ0n) is 11.9. The third-order valence-electron chi connectivity index (χ3n) is 3.63. The van der Waals surface area contributed by atoms with Crippen LogP contribution in [-0.2, 0) is 0 Å². The van der Waals surface area contributed by atoms with Crippen LogP contribution in [-0.4, -0.2) is 60.0 Å². The van der Waals surface area contributed by atoms with E-state index >= 15 is 0 Å². The number of nitrogens with two attached hydrogens (primary N) is 1. The number of aryl methyl sites for hydroxylation is 1. The van der Waals surface area contributed by atoms with Crippen LogP contribution in [0.5, 0.6) is 0 Å². The molecule has 2 rings (SSSR count). The van der Waals surface area contributed by atoms with Gasteiger partial charge in [-0.3, -0.25) is 14.5 Å². The normalized spacial score (nSPS) is 16.4. The van der Waals surface area contributed by atoms with Crippen LogP contribution in [0, 0.1) is 6.92 Å². The molecule has 3 N–H and O–H groups in total. The molecule has 1 aliphatic rings. The lowest BCUT2D eigenvalue weighted by Crippen LogP contribution is -2.49. The second-order valence-corrected chi connectivity index (χ2v) is 5.17. The van der Waals surface area contributed by atoms with Gasteiger partial charge in [0.2, 0.25) is 0 Å². The lowest BCUT2D eigenvalue weighted by Gasteiger charge is -2.34. The molecule has 1 aromatic rings. The Kier molecular flexibility index (Phi) is 4.92. The van der Waals surface area contributed by atoms with Gasteiger partial charge < -0.3 is 15.6 Å². The Labute approximate surface area is 118 Å². The summed E-state index contributed by atoms with van der Waals surface area (Å²) in [7, 11) is 0. The molecule has 110 valence electrons. The van der Waals surface area contributed by atoms with E-state index in [1.807, 2.05) is 0 Å². The SMILES string of the molecule is Cc1cc(=O)c(C(=O)N2CCN(CCCN)CC2)c[nH]1. The van der Waals surface area contributed by atoms with Gasteiger partial charge in [-0.15, -0.1) is 0 Å². The van der Waals surface area contributed by atoms with Crippen LogP contribution in [0.3, 0.4) is 0 Å². The molecule has 1 amide bonds. The minimum absolute atomic E-state index is 0.176. The Morgan fingerprint density at radius 2 is 2.05 bits per heavy atom. The lowest BCUT2D eigenvalue weighted by molar-refractivity contribution is 0.0635. The highest BCUT2D eigenvalue weighted by Crippen LogP contribution is 2.06. The summed E-state index contributed by atoms with van der Waals surface area (Å²) in [5.74, 6) is -0.176. The number of H-pyrrole nitrogens is 1. The first-order chi connectivity index (χ1) is 9.61. The monoisotopic (exact) mass is 278 g/mol. The molecule has 1 saturated heterocycles. The number of carbonyl (C=O) groups is 1. The number of carbonyl (C=O) groups excluding carboxylic acids is 1. The van der Waals surface area contributed by atoms with Gasteiger partial charge in [0, 0.05) is 44.1 Å². The molecule has 0 spiro atoms. The zero-order chi connectivity index (χ0) is 14.5. The van der Waals surface area contributed by atoms with Gasteiger partial charge in [-0.2, -0.15) is 0 Å². The van der Waals surface area contributed by atoms with Crippen LogP contribution < -0.4 is 11.2 Å². The number of hydrogen-bond donors (Lipinski definition) is 2. The quantitative estimate of drug-likeness (QED) is 0.798. The standard InChI is InChI=1S/C14H22N4O2/c1-11-9-13(19)12(10-16-11)14(20)18-7-5-17(6-8-18)4-2-3-15/h9-10H,2-8,15H2,1H3,(H,16,19). The third-order valence-corrected chi connectivity index (χ3v) is 3.63. The highest BCUT2D eigenvalue weighted by Gasteiger charge is 2.23. The summed E-state index contributed by atoms with van der Waals surface area (Å²) in [5.41, 5.74) is 6.28. The van der Waals surface area contributed by atoms with Crippen LogP contribution in [0.25, 0.3) is 0 Å². The van der Waals surface area contributed by atoms with E-state index in [1.165, 1.54) is 12.3 Å². The smallest absolute Gasteiger partial charge is 0.259 e. The van der Waals surface area contributed by atoms with E-state index < -0.39 is 0 Å². The van der Waals surface area contributed by atoms with Gasteiger partial charge in [0.15, 0.2) is 5.43 Å². The molecule has 1 aliphatic heterocycles. The molecule has 20 heavy (non-hydrogen) atoms. The van der Waals surface area contributed by atoms with Crippen molar-refractivity contribution in [3.8, 4) is 0 Å². The minimum Gasteiger partial charge on any atom is -0.364 e. The van der Waals surface area contributed by atoms with E-state index in [2.05, 4.69) is 9.88 Å². The molecule has 0 saturated carbocycles. The number of pyridine rings is 1. The first-order valence-electron chi connectivity index (χ1n) is 7.03. The van der Waals surface area contributed by atoms with Crippen LogP contribution in [0.1, 0.15) is 22.5 Å². The number of rotatable bonds is 4. The molecule has 1 fully saturated rings. The molecule has 6 nitrogen and oxygen atoms in total. The molecule has 0 aromatic carbocycles. The van der Waals surface area contributed by atoms with Gasteiger partial charge >= 0.3 is 0 Å². The number of hydrogen-bond acceptors (Lipinski definition) is 4. The molecular formula is C14H22N4O2. The number of piperazine rings is 1. The predicted molar refractivity (Wildman–Crippen MR) is 77.8 cm³/mol. The fourth-order valence-electron chi connectivity index (χ4n) is 2.40. The van der Waals surface area contributed by atoms with Crippen LogP contribution in [0.15, 0.2) is 17.1 Å².